The summed E-state index contributed by atoms with van der Waals surface area (Å²) < 4.78 is 38.6. The molecule has 0 radical (unpaired) electrons. The van der Waals surface area contributed by atoms with Gasteiger partial charge < -0.3 is 14.4 Å². The predicted molar refractivity (Wildman–Crippen MR) is 128 cm³/mol. The molecule has 9 heteroatoms. The van der Waals surface area contributed by atoms with Crippen molar-refractivity contribution in [2.75, 3.05) is 36.9 Å². The topological polar surface area (TPSA) is 93.7 Å². The number of methoxy groups -OCH3 is 2. The van der Waals surface area contributed by atoms with E-state index in [2.05, 4.69) is 26.7 Å². The SMILES string of the molecule is COc1ccc(S(=O)(=O)Nc2ccc(-c3ccc(N4CCC(C)CC4)nn3)cc2)cc1OC. The van der Waals surface area contributed by atoms with Gasteiger partial charge in [-0.15, -0.1) is 10.2 Å². The Kier molecular flexibility index (Phi) is 6.69. The standard InChI is InChI=1S/C24H28N4O4S/c1-17-12-14-28(15-13-17)24-11-9-21(25-26-24)18-4-6-19(7-5-18)27-33(29,30)20-8-10-22(31-2)23(16-20)32-3/h4-11,16-17,27H,12-15H2,1-3H3. The number of ether oxygens (including phenoxy) is 2. The summed E-state index contributed by atoms with van der Waals surface area (Å²) in [6, 6.07) is 15.4. The van der Waals surface area contributed by atoms with Crippen LogP contribution in [-0.4, -0.2) is 45.9 Å². The normalized spacial score (nSPS) is 14.7. The molecule has 2 heterocycles. The average Bonchev–Trinajstić information content (AvgIpc) is 2.84. The molecule has 1 aliphatic rings. The summed E-state index contributed by atoms with van der Waals surface area (Å²) in [4.78, 5) is 2.35. The number of piperidine rings is 1. The molecule has 0 aliphatic carbocycles. The largest absolute Gasteiger partial charge is 0.493 e. The highest BCUT2D eigenvalue weighted by molar-refractivity contribution is 7.92. The van der Waals surface area contributed by atoms with E-state index in [-0.39, 0.29) is 4.90 Å². The number of hydrogen-bond donors (Lipinski definition) is 1. The summed E-state index contributed by atoms with van der Waals surface area (Å²) in [5, 5.41) is 8.77. The molecule has 0 amide bonds. The van der Waals surface area contributed by atoms with Crippen LogP contribution < -0.4 is 19.1 Å². The first kappa shape index (κ1) is 22.8. The van der Waals surface area contributed by atoms with Crippen LogP contribution in [0.25, 0.3) is 11.3 Å². The van der Waals surface area contributed by atoms with E-state index in [1.165, 1.54) is 39.2 Å². The lowest BCUT2D eigenvalue weighted by atomic mass is 9.99. The molecule has 8 nitrogen and oxygen atoms in total. The number of rotatable bonds is 7. The van der Waals surface area contributed by atoms with E-state index in [4.69, 9.17) is 9.47 Å². The first-order valence-corrected chi connectivity index (χ1v) is 12.3. The second-order valence-corrected chi connectivity index (χ2v) is 9.83. The van der Waals surface area contributed by atoms with E-state index in [0.29, 0.717) is 17.2 Å². The summed E-state index contributed by atoms with van der Waals surface area (Å²) in [5.74, 6) is 2.46. The van der Waals surface area contributed by atoms with Crippen molar-refractivity contribution in [1.82, 2.24) is 10.2 Å². The van der Waals surface area contributed by atoms with Gasteiger partial charge in [0.25, 0.3) is 10.0 Å². The molecule has 0 unspecified atom stereocenters. The van der Waals surface area contributed by atoms with E-state index < -0.39 is 10.0 Å². The van der Waals surface area contributed by atoms with Crippen LogP contribution >= 0.6 is 0 Å². The Morgan fingerprint density at radius 3 is 2.21 bits per heavy atom. The lowest BCUT2D eigenvalue weighted by molar-refractivity contribution is 0.354. The predicted octanol–water partition coefficient (Wildman–Crippen LogP) is 4.20. The Morgan fingerprint density at radius 2 is 1.61 bits per heavy atom. The second kappa shape index (κ2) is 9.66. The maximum Gasteiger partial charge on any atom is 0.262 e. The molecular formula is C24H28N4O4S. The molecule has 1 aliphatic heterocycles. The molecule has 1 fully saturated rings. The van der Waals surface area contributed by atoms with E-state index in [1.54, 1.807) is 18.2 Å². The monoisotopic (exact) mass is 468 g/mol. The van der Waals surface area contributed by atoms with Crippen LogP contribution in [0.3, 0.4) is 0 Å². The number of nitrogens with one attached hydrogen (secondary N) is 1. The minimum Gasteiger partial charge on any atom is -0.493 e. The van der Waals surface area contributed by atoms with Crippen molar-refractivity contribution < 1.29 is 17.9 Å². The first-order valence-electron chi connectivity index (χ1n) is 10.8. The van der Waals surface area contributed by atoms with E-state index in [9.17, 15) is 8.42 Å². The van der Waals surface area contributed by atoms with Gasteiger partial charge >= 0.3 is 0 Å². The van der Waals surface area contributed by atoms with Crippen molar-refractivity contribution in [2.45, 2.75) is 24.7 Å². The van der Waals surface area contributed by atoms with Crippen LogP contribution in [0.2, 0.25) is 0 Å². The molecule has 0 spiro atoms. The Labute approximate surface area is 194 Å². The van der Waals surface area contributed by atoms with Crippen molar-refractivity contribution in [3.05, 3.63) is 54.6 Å². The summed E-state index contributed by atoms with van der Waals surface area (Å²) >= 11 is 0. The van der Waals surface area contributed by atoms with Crippen molar-refractivity contribution in [3.63, 3.8) is 0 Å². The number of anilines is 2. The highest BCUT2D eigenvalue weighted by Gasteiger charge is 2.19. The Balaban J connectivity index is 1.46. The third-order valence-electron chi connectivity index (χ3n) is 5.86. The zero-order valence-electron chi connectivity index (χ0n) is 19.0. The van der Waals surface area contributed by atoms with Gasteiger partial charge in [-0.3, -0.25) is 4.72 Å². The number of nitrogens with zero attached hydrogens (tertiary/aromatic N) is 3. The fraction of sp³-hybridized carbons (Fsp3) is 0.333. The van der Waals surface area contributed by atoms with Gasteiger partial charge in [-0.2, -0.15) is 0 Å². The van der Waals surface area contributed by atoms with Crippen LogP contribution in [0.15, 0.2) is 59.5 Å². The quantitative estimate of drug-likeness (QED) is 0.555. The number of benzene rings is 2. The van der Waals surface area contributed by atoms with Crippen LogP contribution in [0.1, 0.15) is 19.8 Å². The molecule has 174 valence electrons. The van der Waals surface area contributed by atoms with Crippen molar-refractivity contribution in [3.8, 4) is 22.8 Å². The molecule has 1 N–H and O–H groups in total. The molecule has 3 aromatic rings. The summed E-state index contributed by atoms with van der Waals surface area (Å²) in [6.07, 6.45) is 2.34. The lowest BCUT2D eigenvalue weighted by Crippen LogP contribution is -2.33. The molecule has 0 atom stereocenters. The maximum absolute atomic E-state index is 12.8. The Morgan fingerprint density at radius 1 is 0.909 bits per heavy atom. The fourth-order valence-electron chi connectivity index (χ4n) is 3.79. The third-order valence-corrected chi connectivity index (χ3v) is 7.24. The summed E-state index contributed by atoms with van der Waals surface area (Å²) in [6.45, 7) is 4.29. The summed E-state index contributed by atoms with van der Waals surface area (Å²) in [7, 11) is -0.830. The minimum absolute atomic E-state index is 0.0813. The number of hydrogen-bond acceptors (Lipinski definition) is 7. The van der Waals surface area contributed by atoms with Crippen LogP contribution in [0.5, 0.6) is 11.5 Å². The molecule has 33 heavy (non-hydrogen) atoms. The van der Waals surface area contributed by atoms with Crippen molar-refractivity contribution in [1.29, 1.82) is 0 Å². The van der Waals surface area contributed by atoms with Gasteiger partial charge in [-0.05, 0) is 55.2 Å². The van der Waals surface area contributed by atoms with Crippen molar-refractivity contribution in [2.24, 2.45) is 5.92 Å². The smallest absolute Gasteiger partial charge is 0.262 e. The first-order chi connectivity index (χ1) is 15.9. The Bertz CT molecular complexity index is 1190. The molecule has 1 aromatic heterocycles. The molecule has 1 saturated heterocycles. The lowest BCUT2D eigenvalue weighted by Gasteiger charge is -2.30. The molecule has 0 saturated carbocycles. The van der Waals surface area contributed by atoms with E-state index in [1.807, 2.05) is 24.3 Å². The van der Waals surface area contributed by atoms with Gasteiger partial charge in [-0.25, -0.2) is 8.42 Å². The molecular weight excluding hydrogens is 440 g/mol. The van der Waals surface area contributed by atoms with Gasteiger partial charge in [0.2, 0.25) is 0 Å². The van der Waals surface area contributed by atoms with E-state index in [0.717, 1.165) is 36.1 Å². The molecule has 2 aromatic carbocycles. The highest BCUT2D eigenvalue weighted by Crippen LogP contribution is 2.30. The number of sulfonamides is 1. The molecule has 4 rings (SSSR count). The van der Waals surface area contributed by atoms with Crippen molar-refractivity contribution >= 4 is 21.5 Å². The van der Waals surface area contributed by atoms with Gasteiger partial charge in [0.1, 0.15) is 0 Å². The van der Waals surface area contributed by atoms with Gasteiger partial charge in [0, 0.05) is 30.4 Å². The fourth-order valence-corrected chi connectivity index (χ4v) is 4.87. The van der Waals surface area contributed by atoms with Crippen LogP contribution in [-0.2, 0) is 10.0 Å². The second-order valence-electron chi connectivity index (χ2n) is 8.15. The zero-order valence-corrected chi connectivity index (χ0v) is 19.8. The highest BCUT2D eigenvalue weighted by atomic mass is 32.2. The summed E-state index contributed by atoms with van der Waals surface area (Å²) in [5.41, 5.74) is 2.04. The Hall–Kier alpha value is -3.33. The van der Waals surface area contributed by atoms with Gasteiger partial charge in [0.05, 0.1) is 24.8 Å². The van der Waals surface area contributed by atoms with E-state index >= 15 is 0 Å². The van der Waals surface area contributed by atoms with Gasteiger partial charge in [-0.1, -0.05) is 19.1 Å². The molecule has 0 bridgehead atoms. The van der Waals surface area contributed by atoms with Crippen LogP contribution in [0.4, 0.5) is 11.5 Å². The maximum atomic E-state index is 12.8. The van der Waals surface area contributed by atoms with Gasteiger partial charge in [0.15, 0.2) is 17.3 Å². The average molecular weight is 469 g/mol. The third kappa shape index (κ3) is 5.19. The minimum atomic E-state index is -3.79. The zero-order chi connectivity index (χ0) is 23.4. The van der Waals surface area contributed by atoms with Crippen LogP contribution in [0, 0.1) is 5.92 Å². The number of aromatic nitrogens is 2.